The molecule has 0 heterocycles. The van der Waals surface area contributed by atoms with Crippen molar-refractivity contribution >= 4 is 10.1 Å². The molecule has 19 heavy (non-hydrogen) atoms. The van der Waals surface area contributed by atoms with Crippen molar-refractivity contribution in [2.45, 2.75) is 43.9 Å². The fraction of sp³-hybridized carbons (Fsp3) is 0.467. The summed E-state index contributed by atoms with van der Waals surface area (Å²) in [5, 5.41) is 0. The number of hydrogen-bond acceptors (Lipinski definition) is 3. The van der Waals surface area contributed by atoms with Crippen LogP contribution in [0.2, 0.25) is 0 Å². The molecule has 0 aromatic heterocycles. The van der Waals surface area contributed by atoms with Gasteiger partial charge in [-0.1, -0.05) is 36.6 Å². The van der Waals surface area contributed by atoms with Gasteiger partial charge in [-0.25, -0.2) is 0 Å². The van der Waals surface area contributed by atoms with Gasteiger partial charge in [-0.05, 0) is 38.3 Å². The summed E-state index contributed by atoms with van der Waals surface area (Å²) < 4.78 is 28.7. The van der Waals surface area contributed by atoms with Gasteiger partial charge in [0.1, 0.15) is 0 Å². The van der Waals surface area contributed by atoms with E-state index in [4.69, 9.17) is 4.18 Å². The lowest BCUT2D eigenvalue weighted by Gasteiger charge is -2.05. The van der Waals surface area contributed by atoms with E-state index in [1.54, 1.807) is 24.3 Å². The van der Waals surface area contributed by atoms with E-state index in [1.165, 1.54) is 0 Å². The fourth-order valence-corrected chi connectivity index (χ4v) is 2.63. The third-order valence-corrected chi connectivity index (χ3v) is 4.18. The minimum Gasteiger partial charge on any atom is -0.266 e. The van der Waals surface area contributed by atoms with Crippen LogP contribution in [0.5, 0.6) is 0 Å². The highest BCUT2D eigenvalue weighted by atomic mass is 32.2. The molecule has 0 N–H and O–H groups in total. The summed E-state index contributed by atoms with van der Waals surface area (Å²) in [5.41, 5.74) is 1.03. The Morgan fingerprint density at radius 2 is 1.74 bits per heavy atom. The molecule has 3 nitrogen and oxygen atoms in total. The van der Waals surface area contributed by atoms with Crippen molar-refractivity contribution in [1.29, 1.82) is 0 Å². The molecule has 0 aliphatic heterocycles. The van der Waals surface area contributed by atoms with Gasteiger partial charge < -0.3 is 0 Å². The Hall–Kier alpha value is -1.13. The number of hydrogen-bond donors (Lipinski definition) is 0. The molecule has 4 heteroatoms. The Morgan fingerprint density at radius 1 is 1.11 bits per heavy atom. The van der Waals surface area contributed by atoms with Crippen LogP contribution in [0, 0.1) is 6.92 Å². The van der Waals surface area contributed by atoms with Gasteiger partial charge in [0.05, 0.1) is 11.5 Å². The van der Waals surface area contributed by atoms with Crippen molar-refractivity contribution in [3.63, 3.8) is 0 Å². The van der Waals surface area contributed by atoms with E-state index < -0.39 is 10.1 Å². The highest BCUT2D eigenvalue weighted by Crippen LogP contribution is 2.14. The predicted molar refractivity (Wildman–Crippen MR) is 77.6 cm³/mol. The molecule has 1 aromatic rings. The lowest BCUT2D eigenvalue weighted by molar-refractivity contribution is 0.306. The molecule has 0 aliphatic rings. The van der Waals surface area contributed by atoms with Crippen LogP contribution in [0.1, 0.15) is 37.7 Å². The van der Waals surface area contributed by atoms with Crippen molar-refractivity contribution in [2.75, 3.05) is 6.61 Å². The number of allylic oxidation sites excluding steroid dienone is 1. The maximum absolute atomic E-state index is 11.8. The summed E-state index contributed by atoms with van der Waals surface area (Å²) in [6, 6.07) is 6.69. The third kappa shape index (κ3) is 6.03. The zero-order valence-corrected chi connectivity index (χ0v) is 12.3. The molecular weight excluding hydrogens is 260 g/mol. The SMILES string of the molecule is C=CCCCCCCOS(=O)(=O)c1ccc(C)cc1. The minimum atomic E-state index is -3.59. The smallest absolute Gasteiger partial charge is 0.266 e. The first-order valence-corrected chi connectivity index (χ1v) is 8.04. The highest BCUT2D eigenvalue weighted by molar-refractivity contribution is 7.86. The molecule has 0 saturated heterocycles. The van der Waals surface area contributed by atoms with Crippen LogP contribution in [0.4, 0.5) is 0 Å². The average Bonchev–Trinajstić information content (AvgIpc) is 2.38. The van der Waals surface area contributed by atoms with Gasteiger partial charge in [-0.2, -0.15) is 8.42 Å². The number of rotatable bonds is 9. The van der Waals surface area contributed by atoms with Gasteiger partial charge in [0.15, 0.2) is 0 Å². The lowest BCUT2D eigenvalue weighted by atomic mass is 10.1. The van der Waals surface area contributed by atoms with Gasteiger partial charge in [0.25, 0.3) is 10.1 Å². The van der Waals surface area contributed by atoms with E-state index in [0.717, 1.165) is 37.7 Å². The molecule has 0 aliphatic carbocycles. The molecule has 1 rings (SSSR count). The van der Waals surface area contributed by atoms with Crippen LogP contribution < -0.4 is 0 Å². The average molecular weight is 282 g/mol. The third-order valence-electron chi connectivity index (χ3n) is 2.85. The van der Waals surface area contributed by atoms with E-state index >= 15 is 0 Å². The Bertz CT molecular complexity index is 475. The minimum absolute atomic E-state index is 0.227. The maximum Gasteiger partial charge on any atom is 0.296 e. The van der Waals surface area contributed by atoms with Gasteiger partial charge in [-0.15, -0.1) is 6.58 Å². The summed E-state index contributed by atoms with van der Waals surface area (Å²) >= 11 is 0. The van der Waals surface area contributed by atoms with E-state index in [-0.39, 0.29) is 11.5 Å². The van der Waals surface area contributed by atoms with Gasteiger partial charge in [0.2, 0.25) is 0 Å². The van der Waals surface area contributed by atoms with E-state index in [9.17, 15) is 8.42 Å². The largest absolute Gasteiger partial charge is 0.296 e. The Balaban J connectivity index is 2.31. The number of aryl methyl sites for hydroxylation is 1. The van der Waals surface area contributed by atoms with Crippen LogP contribution in [0.3, 0.4) is 0 Å². The molecule has 0 unspecified atom stereocenters. The summed E-state index contributed by atoms with van der Waals surface area (Å²) in [6.45, 7) is 5.83. The van der Waals surface area contributed by atoms with Crippen LogP contribution >= 0.6 is 0 Å². The second-order valence-electron chi connectivity index (χ2n) is 4.58. The molecule has 0 radical (unpaired) electrons. The lowest BCUT2D eigenvalue weighted by Crippen LogP contribution is -2.07. The van der Waals surface area contributed by atoms with Crippen LogP contribution in [0.25, 0.3) is 0 Å². The Morgan fingerprint density at radius 3 is 2.37 bits per heavy atom. The van der Waals surface area contributed by atoms with E-state index in [2.05, 4.69) is 6.58 Å². The Labute approximate surface area is 116 Å². The zero-order valence-electron chi connectivity index (χ0n) is 11.5. The molecule has 0 fully saturated rings. The molecule has 0 bridgehead atoms. The first-order valence-electron chi connectivity index (χ1n) is 6.63. The monoisotopic (exact) mass is 282 g/mol. The van der Waals surface area contributed by atoms with E-state index in [0.29, 0.717) is 0 Å². The molecule has 0 spiro atoms. The van der Waals surface area contributed by atoms with Crippen molar-refractivity contribution < 1.29 is 12.6 Å². The van der Waals surface area contributed by atoms with Crippen LogP contribution in [0.15, 0.2) is 41.8 Å². The summed E-state index contributed by atoms with van der Waals surface area (Å²) in [5.74, 6) is 0. The standard InChI is InChI=1S/C15H22O3S/c1-3-4-5-6-7-8-13-18-19(16,17)15-11-9-14(2)10-12-15/h3,9-12H,1,4-8,13H2,2H3. The topological polar surface area (TPSA) is 43.4 Å². The molecule has 1 aromatic carbocycles. The second-order valence-corrected chi connectivity index (χ2v) is 6.20. The molecule has 106 valence electrons. The van der Waals surface area contributed by atoms with Gasteiger partial charge >= 0.3 is 0 Å². The molecule has 0 amide bonds. The highest BCUT2D eigenvalue weighted by Gasteiger charge is 2.13. The number of unbranched alkanes of at least 4 members (excludes halogenated alkanes) is 4. The quantitative estimate of drug-likeness (QED) is 0.393. The van der Waals surface area contributed by atoms with E-state index in [1.807, 2.05) is 13.0 Å². The first-order chi connectivity index (χ1) is 9.06. The molecular formula is C15H22O3S. The summed E-state index contributed by atoms with van der Waals surface area (Å²) in [6.07, 6.45) is 6.86. The van der Waals surface area contributed by atoms with Crippen molar-refractivity contribution in [1.82, 2.24) is 0 Å². The zero-order chi connectivity index (χ0) is 14.1. The molecule has 0 atom stereocenters. The van der Waals surface area contributed by atoms with Crippen LogP contribution in [-0.2, 0) is 14.3 Å². The van der Waals surface area contributed by atoms with Crippen molar-refractivity contribution in [2.24, 2.45) is 0 Å². The van der Waals surface area contributed by atoms with Gasteiger partial charge in [-0.3, -0.25) is 4.18 Å². The maximum atomic E-state index is 11.8. The van der Waals surface area contributed by atoms with Gasteiger partial charge in [0, 0.05) is 0 Å². The van der Waals surface area contributed by atoms with Crippen molar-refractivity contribution in [3.8, 4) is 0 Å². The summed E-state index contributed by atoms with van der Waals surface area (Å²) in [4.78, 5) is 0.227. The Kier molecular flexibility index (Phi) is 6.81. The number of benzene rings is 1. The van der Waals surface area contributed by atoms with Crippen molar-refractivity contribution in [3.05, 3.63) is 42.5 Å². The predicted octanol–water partition coefficient (Wildman–Crippen LogP) is 3.84. The first kappa shape index (κ1) is 15.9. The normalized spacial score (nSPS) is 11.4. The molecule has 0 saturated carbocycles. The second kappa shape index (κ2) is 8.12. The summed E-state index contributed by atoms with van der Waals surface area (Å²) in [7, 11) is -3.59. The van der Waals surface area contributed by atoms with Crippen LogP contribution in [-0.4, -0.2) is 15.0 Å². The fourth-order valence-electron chi connectivity index (χ4n) is 1.69.